The van der Waals surface area contributed by atoms with E-state index in [2.05, 4.69) is 276 Å². The molecule has 0 saturated carbocycles. The number of nitrogens with zero attached hydrogens (tertiary/aromatic N) is 4. The lowest BCUT2D eigenvalue weighted by Gasteiger charge is -2.30. The first-order valence-electron chi connectivity index (χ1n) is 20.4. The molecule has 9 aromatic rings. The van der Waals surface area contributed by atoms with Gasteiger partial charge < -0.3 is 19.6 Å². The van der Waals surface area contributed by atoms with Crippen LogP contribution in [0.1, 0.15) is 11.1 Å². The Balaban J connectivity index is 1.08. The molecule has 0 aliphatic carbocycles. The maximum absolute atomic E-state index is 2.33. The first kappa shape index (κ1) is 37.7. The highest BCUT2D eigenvalue weighted by molar-refractivity contribution is 5.84. The van der Waals surface area contributed by atoms with Crippen LogP contribution in [0.3, 0.4) is 0 Å². The van der Waals surface area contributed by atoms with Gasteiger partial charge in [-0.2, -0.15) is 0 Å². The number of para-hydroxylation sites is 4. The Morgan fingerprint density at radius 3 is 0.467 bits per heavy atom. The van der Waals surface area contributed by atoms with Crippen LogP contribution in [-0.4, -0.2) is 0 Å². The smallest absolute Gasteiger partial charge is 0.0463 e. The van der Waals surface area contributed by atoms with E-state index in [0.29, 0.717) is 0 Å². The summed E-state index contributed by atoms with van der Waals surface area (Å²) in [5.41, 5.74) is 15.5. The van der Waals surface area contributed by atoms with Crippen LogP contribution in [0.15, 0.2) is 243 Å². The Bertz CT molecular complexity index is 2450. The highest BCUT2D eigenvalue weighted by atomic mass is 15.2. The summed E-state index contributed by atoms with van der Waals surface area (Å²) in [5.74, 6) is 0. The fraction of sp³-hybridized carbons (Fsp3) is 0.0357. The quantitative estimate of drug-likeness (QED) is 0.123. The molecular weight excluding hydrogens is 729 g/mol. The van der Waals surface area contributed by atoms with Crippen LogP contribution >= 0.6 is 0 Å². The average Bonchev–Trinajstić information content (AvgIpc) is 3.31. The Hall–Kier alpha value is -7.82. The molecule has 0 spiro atoms. The lowest BCUT2D eigenvalue weighted by molar-refractivity contribution is 1.24. The van der Waals surface area contributed by atoms with Gasteiger partial charge in [0, 0.05) is 68.2 Å². The van der Waals surface area contributed by atoms with Crippen molar-refractivity contribution in [2.45, 2.75) is 13.8 Å². The molecule has 60 heavy (non-hydrogen) atoms. The molecule has 0 N–H and O–H groups in total. The van der Waals surface area contributed by atoms with Crippen molar-refractivity contribution in [2.75, 3.05) is 19.6 Å². The third kappa shape index (κ3) is 8.13. The zero-order valence-corrected chi connectivity index (χ0v) is 33.9. The van der Waals surface area contributed by atoms with Crippen molar-refractivity contribution in [3.8, 4) is 0 Å². The van der Waals surface area contributed by atoms with E-state index >= 15 is 0 Å². The Morgan fingerprint density at radius 1 is 0.167 bits per heavy atom. The number of hydrogen-bond acceptors (Lipinski definition) is 4. The molecule has 0 saturated heterocycles. The van der Waals surface area contributed by atoms with E-state index < -0.39 is 0 Å². The average molecular weight is 775 g/mol. The number of hydrogen-bond donors (Lipinski definition) is 0. The number of anilines is 12. The fourth-order valence-corrected chi connectivity index (χ4v) is 7.74. The van der Waals surface area contributed by atoms with E-state index in [1.807, 2.05) is 0 Å². The molecule has 4 nitrogen and oxygen atoms in total. The van der Waals surface area contributed by atoms with Crippen molar-refractivity contribution in [1.82, 2.24) is 0 Å². The molecule has 290 valence electrons. The van der Waals surface area contributed by atoms with Gasteiger partial charge in [0.2, 0.25) is 0 Å². The molecule has 0 aliphatic heterocycles. The van der Waals surface area contributed by atoms with Gasteiger partial charge >= 0.3 is 0 Å². The maximum atomic E-state index is 2.33. The van der Waals surface area contributed by atoms with Crippen LogP contribution in [0.5, 0.6) is 0 Å². The van der Waals surface area contributed by atoms with E-state index in [9.17, 15) is 0 Å². The number of aryl methyl sites for hydroxylation is 2. The lowest BCUT2D eigenvalue weighted by Crippen LogP contribution is -2.13. The third-order valence-electron chi connectivity index (χ3n) is 10.7. The summed E-state index contributed by atoms with van der Waals surface area (Å²) in [7, 11) is 0. The van der Waals surface area contributed by atoms with E-state index in [0.717, 1.165) is 68.2 Å². The fourth-order valence-electron chi connectivity index (χ4n) is 7.74. The van der Waals surface area contributed by atoms with Crippen molar-refractivity contribution in [2.24, 2.45) is 0 Å². The standard InChI is InChI=1S/C56H46N4/c1-43-23-27-49(28-24-43)59(53-35-31-51(32-36-53)57(45-15-7-3-8-16-45)46-17-9-4-10-18-46)55-39-41-56(42-40-55)60(50-29-25-44(2)26-30-50)54-37-33-52(34-38-54)58(47-19-11-5-12-20-47)48-21-13-6-14-22-48/h3-42H,1-2H3. The van der Waals surface area contributed by atoms with Crippen LogP contribution in [0, 0.1) is 13.8 Å². The molecule has 0 heterocycles. The van der Waals surface area contributed by atoms with Crippen molar-refractivity contribution in [1.29, 1.82) is 0 Å². The minimum atomic E-state index is 1.07. The predicted octanol–water partition coefficient (Wildman–Crippen LogP) is 16.2. The zero-order valence-electron chi connectivity index (χ0n) is 33.9. The van der Waals surface area contributed by atoms with Crippen molar-refractivity contribution in [3.63, 3.8) is 0 Å². The van der Waals surface area contributed by atoms with Crippen molar-refractivity contribution < 1.29 is 0 Å². The summed E-state index contributed by atoms with van der Waals surface area (Å²) in [4.78, 5) is 9.24. The largest absolute Gasteiger partial charge is 0.311 e. The summed E-state index contributed by atoms with van der Waals surface area (Å²) in [6.07, 6.45) is 0. The van der Waals surface area contributed by atoms with Gasteiger partial charge in [0.1, 0.15) is 0 Å². The van der Waals surface area contributed by atoms with Crippen LogP contribution in [0.4, 0.5) is 68.2 Å². The third-order valence-corrected chi connectivity index (χ3v) is 10.7. The zero-order chi connectivity index (χ0) is 40.7. The highest BCUT2D eigenvalue weighted by Crippen LogP contribution is 2.42. The molecule has 0 aliphatic rings. The molecule has 0 amide bonds. The van der Waals surface area contributed by atoms with E-state index in [4.69, 9.17) is 0 Å². The Morgan fingerprint density at radius 2 is 0.300 bits per heavy atom. The van der Waals surface area contributed by atoms with E-state index in [-0.39, 0.29) is 0 Å². The molecule has 9 rings (SSSR count). The van der Waals surface area contributed by atoms with Gasteiger partial charge in [-0.15, -0.1) is 0 Å². The summed E-state index contributed by atoms with van der Waals surface area (Å²) in [6.45, 7) is 4.26. The van der Waals surface area contributed by atoms with Gasteiger partial charge in [0.05, 0.1) is 0 Å². The number of benzene rings is 9. The maximum Gasteiger partial charge on any atom is 0.0463 e. The van der Waals surface area contributed by atoms with Gasteiger partial charge in [-0.3, -0.25) is 0 Å². The van der Waals surface area contributed by atoms with Gasteiger partial charge in [-0.25, -0.2) is 0 Å². The Labute approximate surface area is 354 Å². The molecule has 0 bridgehead atoms. The van der Waals surface area contributed by atoms with Gasteiger partial charge in [-0.05, 0) is 159 Å². The Kier molecular flexibility index (Phi) is 10.9. The second-order valence-electron chi connectivity index (χ2n) is 14.9. The number of rotatable bonds is 12. The second kappa shape index (κ2) is 17.4. The predicted molar refractivity (Wildman–Crippen MR) is 255 cm³/mol. The molecule has 4 heteroatoms. The normalized spacial score (nSPS) is 10.8. The van der Waals surface area contributed by atoms with E-state index in [1.165, 1.54) is 11.1 Å². The first-order valence-corrected chi connectivity index (χ1v) is 20.4. The first-order chi connectivity index (χ1) is 29.6. The molecule has 0 atom stereocenters. The summed E-state index contributed by atoms with van der Waals surface area (Å²) < 4.78 is 0. The van der Waals surface area contributed by atoms with Crippen LogP contribution < -0.4 is 19.6 Å². The summed E-state index contributed by atoms with van der Waals surface area (Å²) >= 11 is 0. The van der Waals surface area contributed by atoms with Crippen molar-refractivity contribution >= 4 is 68.2 Å². The molecule has 0 aromatic heterocycles. The van der Waals surface area contributed by atoms with Crippen molar-refractivity contribution in [3.05, 3.63) is 254 Å². The van der Waals surface area contributed by atoms with E-state index in [1.54, 1.807) is 0 Å². The molecule has 9 aromatic carbocycles. The van der Waals surface area contributed by atoms with Crippen LogP contribution in [0.2, 0.25) is 0 Å². The second-order valence-corrected chi connectivity index (χ2v) is 14.9. The van der Waals surface area contributed by atoms with Gasteiger partial charge in [-0.1, -0.05) is 108 Å². The molecular formula is C56H46N4. The van der Waals surface area contributed by atoms with Crippen LogP contribution in [-0.2, 0) is 0 Å². The van der Waals surface area contributed by atoms with Crippen LogP contribution in [0.25, 0.3) is 0 Å². The minimum Gasteiger partial charge on any atom is -0.311 e. The van der Waals surface area contributed by atoms with Gasteiger partial charge in [0.15, 0.2) is 0 Å². The monoisotopic (exact) mass is 774 g/mol. The molecule has 0 radical (unpaired) electrons. The topological polar surface area (TPSA) is 13.0 Å². The molecule has 0 fully saturated rings. The van der Waals surface area contributed by atoms with Gasteiger partial charge in [0.25, 0.3) is 0 Å². The SMILES string of the molecule is Cc1ccc(N(c2ccc(N(c3ccccc3)c3ccccc3)cc2)c2ccc(N(c3ccc(C)cc3)c3ccc(N(c4ccccc4)c4ccccc4)cc3)cc2)cc1. The summed E-state index contributed by atoms with van der Waals surface area (Å²) in [5, 5.41) is 0. The molecule has 0 unspecified atom stereocenters. The highest BCUT2D eigenvalue weighted by Gasteiger charge is 2.19. The lowest BCUT2D eigenvalue weighted by atomic mass is 10.1. The minimum absolute atomic E-state index is 1.07. The summed E-state index contributed by atoms with van der Waals surface area (Å²) in [6, 6.07) is 86.3.